The second-order valence-corrected chi connectivity index (χ2v) is 7.45. The van der Waals surface area contributed by atoms with Crippen molar-refractivity contribution in [1.29, 1.82) is 0 Å². The molecule has 156 valence electrons. The van der Waals surface area contributed by atoms with Crippen molar-refractivity contribution in [3.8, 4) is 5.75 Å². The average Bonchev–Trinajstić information content (AvgIpc) is 2.69. The molecule has 0 aliphatic rings. The van der Waals surface area contributed by atoms with Gasteiger partial charge in [-0.15, -0.1) is 0 Å². The highest BCUT2D eigenvalue weighted by Crippen LogP contribution is 2.27. The molecule has 1 atom stereocenters. The van der Waals surface area contributed by atoms with Crippen LogP contribution in [-0.2, 0) is 9.59 Å². The highest BCUT2D eigenvalue weighted by molar-refractivity contribution is 5.94. The van der Waals surface area contributed by atoms with Gasteiger partial charge in [-0.2, -0.15) is 0 Å². The van der Waals surface area contributed by atoms with E-state index in [4.69, 9.17) is 4.74 Å². The summed E-state index contributed by atoms with van der Waals surface area (Å²) in [6.07, 6.45) is 0. The van der Waals surface area contributed by atoms with Gasteiger partial charge in [0.1, 0.15) is 5.75 Å². The van der Waals surface area contributed by atoms with Gasteiger partial charge in [-0.25, -0.2) is 0 Å². The molecule has 1 unspecified atom stereocenters. The van der Waals surface area contributed by atoms with E-state index in [1.165, 1.54) is 0 Å². The Hall–Kier alpha value is -2.86. The van der Waals surface area contributed by atoms with Crippen LogP contribution in [0.25, 0.3) is 0 Å². The molecule has 6 nitrogen and oxygen atoms in total. The molecule has 2 aromatic carbocycles. The van der Waals surface area contributed by atoms with Crippen LogP contribution in [0.5, 0.6) is 5.75 Å². The van der Waals surface area contributed by atoms with Gasteiger partial charge in [0.2, 0.25) is 0 Å². The zero-order valence-corrected chi connectivity index (χ0v) is 18.0. The van der Waals surface area contributed by atoms with Crippen LogP contribution in [-0.4, -0.2) is 38.6 Å². The lowest BCUT2D eigenvalue weighted by Crippen LogP contribution is -3.13. The molecule has 6 heteroatoms. The van der Waals surface area contributed by atoms with Crippen LogP contribution < -0.4 is 20.3 Å². The normalized spacial score (nSPS) is 11.8. The summed E-state index contributed by atoms with van der Waals surface area (Å²) in [5.41, 5.74) is 3.66. The number of quaternary nitrogens is 1. The second kappa shape index (κ2) is 10.6. The fourth-order valence-electron chi connectivity index (χ4n) is 3.23. The van der Waals surface area contributed by atoms with E-state index in [0.29, 0.717) is 23.9 Å². The van der Waals surface area contributed by atoms with E-state index < -0.39 is 0 Å². The summed E-state index contributed by atoms with van der Waals surface area (Å²) < 4.78 is 5.26. The Kier molecular flexibility index (Phi) is 8.21. The summed E-state index contributed by atoms with van der Waals surface area (Å²) in [5, 5.41) is 5.92. The maximum atomic E-state index is 12.7. The van der Waals surface area contributed by atoms with Crippen molar-refractivity contribution in [2.45, 2.75) is 33.6 Å². The fraction of sp³-hybridized carbons (Fsp3) is 0.391. The Morgan fingerprint density at radius 2 is 1.66 bits per heavy atom. The van der Waals surface area contributed by atoms with E-state index in [9.17, 15) is 9.59 Å². The Morgan fingerprint density at radius 1 is 1.00 bits per heavy atom. The van der Waals surface area contributed by atoms with Crippen LogP contribution in [0.3, 0.4) is 0 Å². The highest BCUT2D eigenvalue weighted by atomic mass is 16.5. The zero-order chi connectivity index (χ0) is 21.4. The Morgan fingerprint density at radius 3 is 2.28 bits per heavy atom. The predicted molar refractivity (Wildman–Crippen MR) is 117 cm³/mol. The third-order valence-electron chi connectivity index (χ3n) is 4.89. The number of carbonyl (C=O) groups is 2. The number of aryl methyl sites for hydroxylation is 1. The number of methoxy groups -OCH3 is 1. The molecule has 0 aliphatic carbocycles. The molecule has 0 heterocycles. The molecule has 2 rings (SSSR count). The van der Waals surface area contributed by atoms with Crippen molar-refractivity contribution in [2.75, 3.05) is 37.4 Å². The van der Waals surface area contributed by atoms with Gasteiger partial charge in [-0.05, 0) is 43.0 Å². The molecule has 3 N–H and O–H groups in total. The quantitative estimate of drug-likeness (QED) is 0.608. The number of ether oxygens (including phenoxy) is 1. The SMILES string of the molecule is CC[NH+](CC(=O)Nc1ccccc1OC)CC(=O)Nc1c(C)cccc1C(C)C. The van der Waals surface area contributed by atoms with E-state index in [1.54, 1.807) is 19.2 Å². The van der Waals surface area contributed by atoms with Gasteiger partial charge in [0.15, 0.2) is 13.1 Å². The number of likely N-dealkylation sites (N-methyl/N-ethyl adjacent to an activating group) is 1. The molecular formula is C23H32N3O3+. The molecule has 0 saturated carbocycles. The van der Waals surface area contributed by atoms with E-state index in [0.717, 1.165) is 21.7 Å². The number of benzene rings is 2. The van der Waals surface area contributed by atoms with Crippen LogP contribution in [0.2, 0.25) is 0 Å². The summed E-state index contributed by atoms with van der Waals surface area (Å²) in [6, 6.07) is 13.3. The molecule has 0 saturated heterocycles. The number of anilines is 2. The van der Waals surface area contributed by atoms with Crippen LogP contribution in [0, 0.1) is 6.92 Å². The summed E-state index contributed by atoms with van der Waals surface area (Å²) in [5.74, 6) is 0.671. The first-order valence-corrected chi connectivity index (χ1v) is 10.0. The predicted octanol–water partition coefficient (Wildman–Crippen LogP) is 2.61. The van der Waals surface area contributed by atoms with Gasteiger partial charge in [0.25, 0.3) is 11.8 Å². The third kappa shape index (κ3) is 6.32. The maximum absolute atomic E-state index is 12.7. The first-order valence-electron chi connectivity index (χ1n) is 10.0. The van der Waals surface area contributed by atoms with Gasteiger partial charge >= 0.3 is 0 Å². The lowest BCUT2D eigenvalue weighted by Gasteiger charge is -2.20. The summed E-state index contributed by atoms with van der Waals surface area (Å²) in [4.78, 5) is 26.0. The zero-order valence-electron chi connectivity index (χ0n) is 18.0. The average molecular weight is 399 g/mol. The minimum Gasteiger partial charge on any atom is -0.495 e. The lowest BCUT2D eigenvalue weighted by atomic mass is 9.98. The number of hydrogen-bond acceptors (Lipinski definition) is 3. The van der Waals surface area contributed by atoms with Crippen molar-refractivity contribution in [3.05, 3.63) is 53.6 Å². The number of rotatable bonds is 9. The molecule has 0 bridgehead atoms. The van der Waals surface area contributed by atoms with Gasteiger partial charge in [-0.1, -0.05) is 44.2 Å². The maximum Gasteiger partial charge on any atom is 0.279 e. The first-order chi connectivity index (χ1) is 13.8. The van der Waals surface area contributed by atoms with Gasteiger partial charge in [-0.3, -0.25) is 9.59 Å². The largest absolute Gasteiger partial charge is 0.495 e. The summed E-state index contributed by atoms with van der Waals surface area (Å²) in [7, 11) is 1.57. The first kappa shape index (κ1) is 22.4. The van der Waals surface area contributed by atoms with Crippen LogP contribution in [0.1, 0.15) is 37.8 Å². The van der Waals surface area contributed by atoms with Crippen molar-refractivity contribution in [2.24, 2.45) is 0 Å². The molecule has 29 heavy (non-hydrogen) atoms. The van der Waals surface area contributed by atoms with Crippen molar-refractivity contribution >= 4 is 23.2 Å². The molecule has 0 fully saturated rings. The number of hydrogen-bond donors (Lipinski definition) is 3. The van der Waals surface area contributed by atoms with E-state index in [-0.39, 0.29) is 24.9 Å². The second-order valence-electron chi connectivity index (χ2n) is 7.45. The molecule has 0 aliphatic heterocycles. The van der Waals surface area contributed by atoms with Crippen molar-refractivity contribution < 1.29 is 19.2 Å². The van der Waals surface area contributed by atoms with Crippen LogP contribution >= 0.6 is 0 Å². The van der Waals surface area contributed by atoms with Gasteiger partial charge in [0, 0.05) is 5.69 Å². The summed E-state index contributed by atoms with van der Waals surface area (Å²) >= 11 is 0. The molecule has 2 aromatic rings. The molecule has 0 spiro atoms. The fourth-order valence-corrected chi connectivity index (χ4v) is 3.23. The Balaban J connectivity index is 1.99. The Bertz CT molecular complexity index is 849. The number of nitrogens with one attached hydrogen (secondary N) is 3. The smallest absolute Gasteiger partial charge is 0.279 e. The monoisotopic (exact) mass is 398 g/mol. The number of amides is 2. The van der Waals surface area contributed by atoms with E-state index in [2.05, 4.69) is 24.5 Å². The number of carbonyl (C=O) groups excluding carboxylic acids is 2. The van der Waals surface area contributed by atoms with Gasteiger partial charge < -0.3 is 20.3 Å². The third-order valence-corrected chi connectivity index (χ3v) is 4.89. The topological polar surface area (TPSA) is 71.9 Å². The highest BCUT2D eigenvalue weighted by Gasteiger charge is 2.19. The molecule has 0 aromatic heterocycles. The summed E-state index contributed by atoms with van der Waals surface area (Å²) in [6.45, 7) is 9.26. The van der Waals surface area contributed by atoms with Gasteiger partial charge in [0.05, 0.1) is 19.3 Å². The molecule has 2 amide bonds. The van der Waals surface area contributed by atoms with Crippen LogP contribution in [0.4, 0.5) is 11.4 Å². The molecular weight excluding hydrogens is 366 g/mol. The standard InChI is InChI=1S/C23H31N3O3/c1-6-26(14-21(27)24-19-12-7-8-13-20(19)29-5)15-22(28)25-23-17(4)10-9-11-18(23)16(2)3/h7-13,16H,6,14-15H2,1-5H3,(H,24,27)(H,25,28)/p+1. The van der Waals surface area contributed by atoms with E-state index >= 15 is 0 Å². The Labute approximate surface area is 173 Å². The minimum atomic E-state index is -0.155. The lowest BCUT2D eigenvalue weighted by molar-refractivity contribution is -0.881. The molecule has 0 radical (unpaired) electrons. The van der Waals surface area contributed by atoms with Crippen molar-refractivity contribution in [3.63, 3.8) is 0 Å². The van der Waals surface area contributed by atoms with Crippen LogP contribution in [0.15, 0.2) is 42.5 Å². The minimum absolute atomic E-state index is 0.0943. The number of para-hydroxylation sites is 3. The van der Waals surface area contributed by atoms with E-state index in [1.807, 2.05) is 44.2 Å². The van der Waals surface area contributed by atoms with Crippen molar-refractivity contribution in [1.82, 2.24) is 0 Å².